The van der Waals surface area contributed by atoms with Crippen molar-refractivity contribution in [3.63, 3.8) is 0 Å². The molecule has 0 unspecified atom stereocenters. The molecule has 0 spiro atoms. The molecule has 0 aliphatic carbocycles. The topological polar surface area (TPSA) is 26.0 Å². The minimum atomic E-state index is 0.121. The van der Waals surface area contributed by atoms with Gasteiger partial charge in [-0.25, -0.2) is 4.98 Å². The highest BCUT2D eigenvalue weighted by atomic mass is 16.4. The Morgan fingerprint density at radius 1 is 0.571 bits per heavy atom. The van der Waals surface area contributed by atoms with Gasteiger partial charge in [-0.3, -0.25) is 0 Å². The van der Waals surface area contributed by atoms with Crippen LogP contribution in [0.15, 0.2) is 114 Å². The molecule has 35 heavy (non-hydrogen) atoms. The molecule has 0 bridgehead atoms. The van der Waals surface area contributed by atoms with E-state index in [4.69, 9.17) is 4.42 Å². The van der Waals surface area contributed by atoms with Crippen LogP contribution in [-0.4, -0.2) is 4.98 Å². The number of fused-ring (bicyclic) bond motifs is 2. The van der Waals surface area contributed by atoms with Crippen molar-refractivity contribution in [2.24, 2.45) is 0 Å². The van der Waals surface area contributed by atoms with Crippen molar-refractivity contribution in [1.82, 2.24) is 4.98 Å². The summed E-state index contributed by atoms with van der Waals surface area (Å²) in [6.45, 7) is 6.67. The summed E-state index contributed by atoms with van der Waals surface area (Å²) in [7, 11) is 0. The number of rotatable bonds is 3. The van der Waals surface area contributed by atoms with Crippen LogP contribution in [0.5, 0.6) is 0 Å². The Balaban J connectivity index is 1.45. The molecule has 0 fully saturated rings. The van der Waals surface area contributed by atoms with E-state index in [1.54, 1.807) is 0 Å². The van der Waals surface area contributed by atoms with Gasteiger partial charge in [-0.2, -0.15) is 0 Å². The standard InChI is InChI=1S/C33H27NO/c1-33(2,3)24-17-15-23(16-18-24)31-21-34-32(35-31)30-20-19-29(27-12-6-7-13-28(27)30)26-14-8-10-22-9-4-5-11-25(22)26/h4-21H,1-3H3. The van der Waals surface area contributed by atoms with Gasteiger partial charge in [0.1, 0.15) is 0 Å². The smallest absolute Gasteiger partial charge is 0.227 e. The molecule has 5 aromatic carbocycles. The highest BCUT2D eigenvalue weighted by Gasteiger charge is 2.17. The first-order valence-electron chi connectivity index (χ1n) is 12.1. The summed E-state index contributed by atoms with van der Waals surface area (Å²) in [5, 5.41) is 4.82. The molecule has 0 radical (unpaired) electrons. The number of aromatic nitrogens is 1. The monoisotopic (exact) mass is 453 g/mol. The fourth-order valence-electron chi connectivity index (χ4n) is 4.85. The van der Waals surface area contributed by atoms with Crippen LogP contribution in [0.1, 0.15) is 26.3 Å². The van der Waals surface area contributed by atoms with Crippen LogP contribution in [0.2, 0.25) is 0 Å². The van der Waals surface area contributed by atoms with Gasteiger partial charge in [0.15, 0.2) is 5.76 Å². The minimum absolute atomic E-state index is 0.121. The van der Waals surface area contributed by atoms with Crippen molar-refractivity contribution in [2.45, 2.75) is 26.2 Å². The summed E-state index contributed by atoms with van der Waals surface area (Å²) in [5.41, 5.74) is 5.91. The quantitative estimate of drug-likeness (QED) is 0.267. The zero-order valence-electron chi connectivity index (χ0n) is 20.2. The van der Waals surface area contributed by atoms with Crippen LogP contribution in [-0.2, 0) is 5.41 Å². The first-order valence-corrected chi connectivity index (χ1v) is 12.1. The molecule has 0 aliphatic rings. The molecule has 0 aliphatic heterocycles. The summed E-state index contributed by atoms with van der Waals surface area (Å²) < 4.78 is 6.29. The van der Waals surface area contributed by atoms with Gasteiger partial charge in [-0.1, -0.05) is 118 Å². The maximum absolute atomic E-state index is 6.29. The Morgan fingerprint density at radius 3 is 1.91 bits per heavy atom. The second kappa shape index (κ2) is 8.25. The van der Waals surface area contributed by atoms with Gasteiger partial charge in [-0.15, -0.1) is 0 Å². The number of benzene rings is 5. The molecule has 6 aromatic rings. The molecule has 0 saturated carbocycles. The fourth-order valence-corrected chi connectivity index (χ4v) is 4.85. The fraction of sp³-hybridized carbons (Fsp3) is 0.121. The largest absolute Gasteiger partial charge is 0.436 e. The lowest BCUT2D eigenvalue weighted by Gasteiger charge is -2.18. The van der Waals surface area contributed by atoms with Crippen LogP contribution < -0.4 is 0 Å². The van der Waals surface area contributed by atoms with Crippen molar-refractivity contribution < 1.29 is 4.42 Å². The van der Waals surface area contributed by atoms with E-state index in [0.717, 1.165) is 22.3 Å². The van der Waals surface area contributed by atoms with Crippen LogP contribution in [0.3, 0.4) is 0 Å². The Kier molecular flexibility index (Phi) is 5.04. The summed E-state index contributed by atoms with van der Waals surface area (Å²) in [6.07, 6.45) is 1.83. The molecular formula is C33H27NO. The van der Waals surface area contributed by atoms with Crippen molar-refractivity contribution in [3.8, 4) is 33.9 Å². The van der Waals surface area contributed by atoms with Gasteiger partial charge >= 0.3 is 0 Å². The van der Waals surface area contributed by atoms with Crippen LogP contribution >= 0.6 is 0 Å². The Morgan fingerprint density at radius 2 is 1.17 bits per heavy atom. The first-order chi connectivity index (χ1) is 17.0. The Labute approximate surface area is 205 Å². The molecule has 2 heteroatoms. The minimum Gasteiger partial charge on any atom is -0.436 e. The van der Waals surface area contributed by atoms with E-state index in [2.05, 4.69) is 129 Å². The second-order valence-electron chi connectivity index (χ2n) is 10.1. The number of hydrogen-bond donors (Lipinski definition) is 0. The summed E-state index contributed by atoms with van der Waals surface area (Å²) >= 11 is 0. The van der Waals surface area contributed by atoms with E-state index >= 15 is 0 Å². The van der Waals surface area contributed by atoms with Gasteiger partial charge < -0.3 is 4.42 Å². The molecule has 1 heterocycles. The maximum Gasteiger partial charge on any atom is 0.227 e. The molecule has 0 atom stereocenters. The average Bonchev–Trinajstić information content (AvgIpc) is 3.37. The molecule has 2 nitrogen and oxygen atoms in total. The molecule has 0 amide bonds. The predicted octanol–water partition coefficient (Wildman–Crippen LogP) is 9.28. The van der Waals surface area contributed by atoms with E-state index in [1.165, 1.54) is 32.8 Å². The maximum atomic E-state index is 6.29. The predicted molar refractivity (Wildman–Crippen MR) is 147 cm³/mol. The van der Waals surface area contributed by atoms with Gasteiger partial charge in [0.05, 0.1) is 6.20 Å². The SMILES string of the molecule is CC(C)(C)c1ccc(-c2cnc(-c3ccc(-c4cccc5ccccc45)c4ccccc34)o2)cc1. The third-order valence-corrected chi connectivity index (χ3v) is 6.78. The number of nitrogens with zero attached hydrogens (tertiary/aromatic N) is 1. The third-order valence-electron chi connectivity index (χ3n) is 6.78. The van der Waals surface area contributed by atoms with Gasteiger partial charge in [-0.05, 0) is 49.7 Å². The third kappa shape index (κ3) is 3.81. The van der Waals surface area contributed by atoms with E-state index in [9.17, 15) is 0 Å². The first kappa shape index (κ1) is 21.4. The Hall–Kier alpha value is -4.17. The summed E-state index contributed by atoms with van der Waals surface area (Å²) in [4.78, 5) is 4.67. The van der Waals surface area contributed by atoms with Crippen molar-refractivity contribution in [1.29, 1.82) is 0 Å². The molecule has 6 rings (SSSR count). The van der Waals surface area contributed by atoms with Crippen LogP contribution in [0, 0.1) is 0 Å². The van der Waals surface area contributed by atoms with E-state index in [-0.39, 0.29) is 5.41 Å². The van der Waals surface area contributed by atoms with Crippen molar-refractivity contribution in [3.05, 3.63) is 115 Å². The van der Waals surface area contributed by atoms with Gasteiger partial charge in [0.2, 0.25) is 5.89 Å². The van der Waals surface area contributed by atoms with Crippen molar-refractivity contribution >= 4 is 21.5 Å². The lowest BCUT2D eigenvalue weighted by Crippen LogP contribution is -2.10. The lowest BCUT2D eigenvalue weighted by molar-refractivity contribution is 0.585. The van der Waals surface area contributed by atoms with Gasteiger partial charge in [0, 0.05) is 11.1 Å². The molecule has 170 valence electrons. The van der Waals surface area contributed by atoms with E-state index in [1.807, 2.05) is 6.20 Å². The summed E-state index contributed by atoms with van der Waals surface area (Å²) in [6, 6.07) is 36.5. The molecule has 0 N–H and O–H groups in total. The lowest BCUT2D eigenvalue weighted by atomic mass is 9.86. The molecule has 0 saturated heterocycles. The Bertz CT molecular complexity index is 1660. The van der Waals surface area contributed by atoms with Gasteiger partial charge in [0.25, 0.3) is 0 Å². The summed E-state index contributed by atoms with van der Waals surface area (Å²) in [5.74, 6) is 1.42. The molecular weight excluding hydrogens is 426 g/mol. The van der Waals surface area contributed by atoms with E-state index < -0.39 is 0 Å². The highest BCUT2D eigenvalue weighted by Crippen LogP contribution is 2.39. The normalized spacial score (nSPS) is 11.9. The van der Waals surface area contributed by atoms with Crippen molar-refractivity contribution in [2.75, 3.05) is 0 Å². The van der Waals surface area contributed by atoms with Crippen LogP contribution in [0.25, 0.3) is 55.4 Å². The number of oxazole rings is 1. The van der Waals surface area contributed by atoms with Crippen LogP contribution in [0.4, 0.5) is 0 Å². The molecule has 1 aromatic heterocycles. The number of hydrogen-bond acceptors (Lipinski definition) is 2. The van der Waals surface area contributed by atoms with E-state index in [0.29, 0.717) is 5.89 Å². The average molecular weight is 454 g/mol. The second-order valence-corrected chi connectivity index (χ2v) is 10.1. The zero-order valence-corrected chi connectivity index (χ0v) is 20.2. The highest BCUT2D eigenvalue weighted by molar-refractivity contribution is 6.09. The zero-order chi connectivity index (χ0) is 24.0.